The van der Waals surface area contributed by atoms with E-state index in [9.17, 15) is 4.79 Å². The molecule has 86 valence electrons. The largest absolute Gasteiger partial charge is 0.316 e. The van der Waals surface area contributed by atoms with Gasteiger partial charge in [-0.2, -0.15) is 0 Å². The molecule has 1 atom stereocenters. The van der Waals surface area contributed by atoms with Crippen molar-refractivity contribution in [3.05, 3.63) is 27.4 Å². The van der Waals surface area contributed by atoms with Crippen LogP contribution in [0.1, 0.15) is 29.4 Å². The summed E-state index contributed by atoms with van der Waals surface area (Å²) < 4.78 is 0. The van der Waals surface area contributed by atoms with Gasteiger partial charge in [0.2, 0.25) is 0 Å². The minimum atomic E-state index is 0.0633. The molecule has 3 N–H and O–H groups in total. The van der Waals surface area contributed by atoms with E-state index in [-0.39, 0.29) is 5.56 Å². The van der Waals surface area contributed by atoms with Gasteiger partial charge >= 0.3 is 0 Å². The van der Waals surface area contributed by atoms with E-state index in [0.29, 0.717) is 5.92 Å². The molecule has 3 rings (SSSR count). The molecule has 0 spiro atoms. The van der Waals surface area contributed by atoms with Gasteiger partial charge in [-0.25, -0.2) is 4.98 Å². The van der Waals surface area contributed by atoms with E-state index < -0.39 is 0 Å². The lowest BCUT2D eigenvalue weighted by molar-refractivity contribution is 0.597. The van der Waals surface area contributed by atoms with Crippen molar-refractivity contribution in [2.24, 2.45) is 0 Å². The molecule has 0 radical (unpaired) electrons. The molecule has 0 aliphatic carbocycles. The molecule has 1 saturated heterocycles. The van der Waals surface area contributed by atoms with Crippen molar-refractivity contribution in [3.63, 3.8) is 0 Å². The van der Waals surface area contributed by atoms with Crippen LogP contribution in [0.25, 0.3) is 0 Å². The van der Waals surface area contributed by atoms with Crippen LogP contribution in [0.3, 0.4) is 0 Å². The normalized spacial score (nSPS) is 24.4. The van der Waals surface area contributed by atoms with E-state index in [2.05, 4.69) is 20.6 Å². The first-order valence-electron chi connectivity index (χ1n) is 5.88. The van der Waals surface area contributed by atoms with Gasteiger partial charge in [0, 0.05) is 24.6 Å². The standard InChI is InChI=1S/C11H16N4O/c16-11-8-2-4-13-6-9(8)14-10(15-11)7-1-3-12-5-7/h7,12-13H,1-6H2,(H,14,15,16). The molecule has 1 aromatic heterocycles. The monoisotopic (exact) mass is 220 g/mol. The Kier molecular flexibility index (Phi) is 2.49. The fraction of sp³-hybridized carbons (Fsp3) is 0.636. The minimum Gasteiger partial charge on any atom is -0.316 e. The van der Waals surface area contributed by atoms with E-state index in [1.807, 2.05) is 0 Å². The van der Waals surface area contributed by atoms with Crippen molar-refractivity contribution in [3.8, 4) is 0 Å². The highest BCUT2D eigenvalue weighted by Crippen LogP contribution is 2.19. The summed E-state index contributed by atoms with van der Waals surface area (Å²) in [4.78, 5) is 19.4. The Morgan fingerprint density at radius 2 is 2.19 bits per heavy atom. The van der Waals surface area contributed by atoms with Crippen LogP contribution in [0.5, 0.6) is 0 Å². The summed E-state index contributed by atoms with van der Waals surface area (Å²) in [5.41, 5.74) is 1.87. The fourth-order valence-electron chi connectivity index (χ4n) is 2.47. The Morgan fingerprint density at radius 1 is 1.25 bits per heavy atom. The first kappa shape index (κ1) is 9.99. The topological polar surface area (TPSA) is 69.8 Å². The van der Waals surface area contributed by atoms with Gasteiger partial charge in [-0.05, 0) is 25.9 Å². The van der Waals surface area contributed by atoms with Crippen LogP contribution >= 0.6 is 0 Å². The summed E-state index contributed by atoms with van der Waals surface area (Å²) in [5, 5.41) is 6.55. The highest BCUT2D eigenvalue weighted by molar-refractivity contribution is 5.21. The number of H-pyrrole nitrogens is 1. The van der Waals surface area contributed by atoms with Crippen molar-refractivity contribution < 1.29 is 0 Å². The number of nitrogens with zero attached hydrogens (tertiary/aromatic N) is 1. The quantitative estimate of drug-likeness (QED) is 0.596. The van der Waals surface area contributed by atoms with Crippen LogP contribution in [-0.2, 0) is 13.0 Å². The van der Waals surface area contributed by atoms with Crippen molar-refractivity contribution >= 4 is 0 Å². The summed E-state index contributed by atoms with van der Waals surface area (Å²) in [6.45, 7) is 3.55. The highest BCUT2D eigenvalue weighted by atomic mass is 16.1. The van der Waals surface area contributed by atoms with E-state index in [1.54, 1.807) is 0 Å². The van der Waals surface area contributed by atoms with Gasteiger partial charge < -0.3 is 15.6 Å². The molecular weight excluding hydrogens is 204 g/mol. The van der Waals surface area contributed by atoms with Gasteiger partial charge in [0.05, 0.1) is 5.69 Å². The third-order valence-corrected chi connectivity index (χ3v) is 3.41. The lowest BCUT2D eigenvalue weighted by Crippen LogP contribution is -2.32. The number of aromatic nitrogens is 2. The van der Waals surface area contributed by atoms with Crippen molar-refractivity contribution in [1.29, 1.82) is 0 Å². The van der Waals surface area contributed by atoms with Crippen molar-refractivity contribution in [1.82, 2.24) is 20.6 Å². The zero-order valence-electron chi connectivity index (χ0n) is 9.18. The zero-order valence-corrected chi connectivity index (χ0v) is 9.18. The first-order chi connectivity index (χ1) is 7.84. The van der Waals surface area contributed by atoms with Gasteiger partial charge in [0.1, 0.15) is 5.82 Å². The Bertz CT molecular complexity index is 448. The number of hydrogen-bond acceptors (Lipinski definition) is 4. The zero-order chi connectivity index (χ0) is 11.0. The molecular formula is C11H16N4O. The van der Waals surface area contributed by atoms with Crippen LogP contribution in [0.15, 0.2) is 4.79 Å². The van der Waals surface area contributed by atoms with Gasteiger partial charge in [0.25, 0.3) is 5.56 Å². The van der Waals surface area contributed by atoms with E-state index in [1.165, 1.54) is 0 Å². The van der Waals surface area contributed by atoms with Gasteiger partial charge in [-0.3, -0.25) is 4.79 Å². The predicted molar refractivity (Wildman–Crippen MR) is 60.5 cm³/mol. The van der Waals surface area contributed by atoms with Gasteiger partial charge in [-0.15, -0.1) is 0 Å². The third-order valence-electron chi connectivity index (χ3n) is 3.41. The molecule has 1 aromatic rings. The number of nitrogens with one attached hydrogen (secondary N) is 3. The van der Waals surface area contributed by atoms with E-state index >= 15 is 0 Å². The number of fused-ring (bicyclic) bond motifs is 1. The summed E-state index contributed by atoms with van der Waals surface area (Å²) in [6.07, 6.45) is 1.86. The van der Waals surface area contributed by atoms with Crippen LogP contribution < -0.4 is 16.2 Å². The number of hydrogen-bond donors (Lipinski definition) is 3. The minimum absolute atomic E-state index is 0.0633. The third kappa shape index (κ3) is 1.66. The lowest BCUT2D eigenvalue weighted by atomic mass is 10.1. The summed E-state index contributed by atoms with van der Waals surface area (Å²) >= 11 is 0. The maximum Gasteiger partial charge on any atom is 0.254 e. The van der Waals surface area contributed by atoms with Gasteiger partial charge in [0.15, 0.2) is 0 Å². The molecule has 0 aromatic carbocycles. The van der Waals surface area contributed by atoms with Crippen LogP contribution in [-0.4, -0.2) is 29.6 Å². The lowest BCUT2D eigenvalue weighted by Gasteiger charge is -2.17. The predicted octanol–water partition coefficient (Wildman–Crippen LogP) is -0.507. The van der Waals surface area contributed by atoms with E-state index in [4.69, 9.17) is 0 Å². The highest BCUT2D eigenvalue weighted by Gasteiger charge is 2.22. The average molecular weight is 220 g/mol. The Labute approximate surface area is 93.7 Å². The molecule has 5 nitrogen and oxygen atoms in total. The molecule has 0 saturated carbocycles. The molecule has 2 aliphatic heterocycles. The van der Waals surface area contributed by atoms with Crippen LogP contribution in [0.2, 0.25) is 0 Å². The van der Waals surface area contributed by atoms with Crippen LogP contribution in [0.4, 0.5) is 0 Å². The van der Waals surface area contributed by atoms with E-state index in [0.717, 1.165) is 56.1 Å². The Hall–Kier alpha value is -1.20. The molecule has 3 heterocycles. The summed E-state index contributed by atoms with van der Waals surface area (Å²) in [6, 6.07) is 0. The second kappa shape index (κ2) is 3.99. The SMILES string of the molecule is O=c1[nH]c(C2CCNC2)nc2c1CCNC2. The molecule has 0 bridgehead atoms. The summed E-state index contributed by atoms with van der Waals surface area (Å²) in [7, 11) is 0. The maximum atomic E-state index is 11.9. The molecule has 5 heteroatoms. The second-order valence-corrected chi connectivity index (χ2v) is 4.49. The number of rotatable bonds is 1. The maximum absolute atomic E-state index is 11.9. The first-order valence-corrected chi connectivity index (χ1v) is 5.88. The molecule has 1 fully saturated rings. The summed E-state index contributed by atoms with van der Waals surface area (Å²) in [5.74, 6) is 1.23. The van der Waals surface area contributed by atoms with Crippen molar-refractivity contribution in [2.45, 2.75) is 25.3 Å². The fourth-order valence-corrected chi connectivity index (χ4v) is 2.47. The second-order valence-electron chi connectivity index (χ2n) is 4.49. The molecule has 2 aliphatic rings. The van der Waals surface area contributed by atoms with Gasteiger partial charge in [-0.1, -0.05) is 0 Å². The van der Waals surface area contributed by atoms with Crippen molar-refractivity contribution in [2.75, 3.05) is 19.6 Å². The van der Waals surface area contributed by atoms with Crippen LogP contribution in [0, 0.1) is 0 Å². The Morgan fingerprint density at radius 3 is 3.00 bits per heavy atom. The molecule has 0 amide bonds. The molecule has 16 heavy (non-hydrogen) atoms. The Balaban J connectivity index is 2.01. The number of aromatic amines is 1. The average Bonchev–Trinajstić information content (AvgIpc) is 2.82. The molecule has 1 unspecified atom stereocenters. The smallest absolute Gasteiger partial charge is 0.254 e.